The molecule has 5 rings (SSSR count). The molecular weight excluding hydrogens is 463 g/mol. The van der Waals surface area contributed by atoms with Gasteiger partial charge in [0.15, 0.2) is 0 Å². The van der Waals surface area contributed by atoms with Crippen LogP contribution in [0.3, 0.4) is 0 Å². The van der Waals surface area contributed by atoms with Crippen LogP contribution in [0.25, 0.3) is 22.6 Å². The van der Waals surface area contributed by atoms with Gasteiger partial charge in [-0.15, -0.1) is 0 Å². The van der Waals surface area contributed by atoms with Gasteiger partial charge < -0.3 is 9.47 Å². The van der Waals surface area contributed by atoms with Crippen LogP contribution in [0, 0.1) is 12.7 Å². The molecule has 0 aliphatic rings. The zero-order valence-corrected chi connectivity index (χ0v) is 19.5. The van der Waals surface area contributed by atoms with Crippen LogP contribution < -0.4 is 10.3 Å². The molecule has 9 heteroatoms. The summed E-state index contributed by atoms with van der Waals surface area (Å²) in [5.74, 6) is -0.432. The van der Waals surface area contributed by atoms with E-state index in [4.69, 9.17) is 9.47 Å². The molecule has 0 fully saturated rings. The summed E-state index contributed by atoms with van der Waals surface area (Å²) in [6.07, 6.45) is 3.22. The maximum atomic E-state index is 13.4. The molecule has 0 bridgehead atoms. The quantitative estimate of drug-likeness (QED) is 0.333. The maximum Gasteiger partial charge on any atom is 0.342 e. The molecule has 0 amide bonds. The second kappa shape index (κ2) is 9.46. The largest absolute Gasteiger partial charge is 0.497 e. The molecular formula is C27H21FN4O4. The molecule has 0 spiro atoms. The van der Waals surface area contributed by atoms with E-state index in [1.807, 2.05) is 13.0 Å². The van der Waals surface area contributed by atoms with E-state index in [2.05, 4.69) is 10.1 Å². The van der Waals surface area contributed by atoms with Crippen LogP contribution in [0.4, 0.5) is 4.39 Å². The van der Waals surface area contributed by atoms with Crippen LogP contribution in [-0.2, 0) is 11.3 Å². The molecule has 0 saturated heterocycles. The minimum absolute atomic E-state index is 0.195. The smallest absolute Gasteiger partial charge is 0.342 e. The van der Waals surface area contributed by atoms with Crippen LogP contribution in [0.5, 0.6) is 5.75 Å². The molecule has 0 unspecified atom stereocenters. The van der Waals surface area contributed by atoms with E-state index in [9.17, 15) is 14.0 Å². The third-order valence-corrected chi connectivity index (χ3v) is 5.58. The molecule has 0 atom stereocenters. The van der Waals surface area contributed by atoms with Gasteiger partial charge in [0.05, 0.1) is 18.5 Å². The van der Waals surface area contributed by atoms with E-state index in [1.165, 1.54) is 33.5 Å². The van der Waals surface area contributed by atoms with Crippen LogP contribution in [-0.4, -0.2) is 32.2 Å². The lowest BCUT2D eigenvalue weighted by atomic mass is 10.1. The molecule has 3 aromatic heterocycles. The Kier molecular flexibility index (Phi) is 6.03. The molecule has 3 heterocycles. The van der Waals surface area contributed by atoms with Crippen LogP contribution in [0.2, 0.25) is 0 Å². The van der Waals surface area contributed by atoms with Crippen molar-refractivity contribution in [3.63, 3.8) is 0 Å². The lowest BCUT2D eigenvalue weighted by Crippen LogP contribution is -2.17. The standard InChI is InChI=1S/C27H21FN4O4/c1-17-6-11-24-29-20(13-25(33)31(24)14-17)16-36-27(34)23-15-32(21-9-7-19(28)8-10-21)30-26(23)18-4-3-5-22(12-18)35-2/h3-15H,16H2,1-2H3. The van der Waals surface area contributed by atoms with E-state index >= 15 is 0 Å². The number of halogens is 1. The van der Waals surface area contributed by atoms with Crippen molar-refractivity contribution in [1.29, 1.82) is 0 Å². The van der Waals surface area contributed by atoms with E-state index in [0.717, 1.165) is 5.56 Å². The number of esters is 1. The van der Waals surface area contributed by atoms with Crippen molar-refractivity contribution in [2.75, 3.05) is 7.11 Å². The second-order valence-electron chi connectivity index (χ2n) is 8.14. The summed E-state index contributed by atoms with van der Waals surface area (Å²) < 4.78 is 27.2. The summed E-state index contributed by atoms with van der Waals surface area (Å²) >= 11 is 0. The number of carbonyl (C=O) groups excluding carboxylic acids is 1. The average Bonchev–Trinajstić information content (AvgIpc) is 3.34. The van der Waals surface area contributed by atoms with Gasteiger partial charge in [0.2, 0.25) is 0 Å². The van der Waals surface area contributed by atoms with Crippen molar-refractivity contribution in [1.82, 2.24) is 19.2 Å². The zero-order valence-electron chi connectivity index (χ0n) is 19.5. The Morgan fingerprint density at radius 2 is 1.83 bits per heavy atom. The SMILES string of the molecule is COc1cccc(-c2nn(-c3ccc(F)cc3)cc2C(=O)OCc2cc(=O)n3cc(C)ccc3n2)c1. The number of aromatic nitrogens is 4. The Morgan fingerprint density at radius 3 is 2.61 bits per heavy atom. The molecule has 0 N–H and O–H groups in total. The summed E-state index contributed by atoms with van der Waals surface area (Å²) in [7, 11) is 1.55. The lowest BCUT2D eigenvalue weighted by molar-refractivity contribution is 0.0468. The summed E-state index contributed by atoms with van der Waals surface area (Å²) in [6.45, 7) is 1.69. The van der Waals surface area contributed by atoms with Crippen molar-refractivity contribution in [2.24, 2.45) is 0 Å². The Hall–Kier alpha value is -4.79. The van der Waals surface area contributed by atoms with Gasteiger partial charge in [-0.05, 0) is 55.0 Å². The first kappa shape index (κ1) is 23.0. The van der Waals surface area contributed by atoms with Crippen LogP contribution >= 0.6 is 0 Å². The Labute approximate surface area is 205 Å². The van der Waals surface area contributed by atoms with Gasteiger partial charge in [-0.3, -0.25) is 9.20 Å². The first-order valence-electron chi connectivity index (χ1n) is 11.1. The summed E-state index contributed by atoms with van der Waals surface area (Å²) in [6, 6.07) is 17.8. The minimum atomic E-state index is -0.646. The molecule has 0 radical (unpaired) electrons. The average molecular weight is 484 g/mol. The number of rotatable bonds is 6. The number of fused-ring (bicyclic) bond motifs is 1. The maximum absolute atomic E-state index is 13.4. The lowest BCUT2D eigenvalue weighted by Gasteiger charge is -2.07. The summed E-state index contributed by atoms with van der Waals surface area (Å²) in [4.78, 5) is 30.1. The van der Waals surface area contributed by atoms with Crippen molar-refractivity contribution in [3.05, 3.63) is 112 Å². The highest BCUT2D eigenvalue weighted by Gasteiger charge is 2.21. The Balaban J connectivity index is 1.48. The number of aryl methyl sites for hydroxylation is 1. The van der Waals surface area contributed by atoms with E-state index < -0.39 is 5.97 Å². The van der Waals surface area contributed by atoms with Crippen LogP contribution in [0.1, 0.15) is 21.6 Å². The highest BCUT2D eigenvalue weighted by molar-refractivity contribution is 5.96. The van der Waals surface area contributed by atoms with Gasteiger partial charge in [0, 0.05) is 24.0 Å². The normalized spacial score (nSPS) is 11.0. The molecule has 0 saturated carbocycles. The molecule has 0 aliphatic heterocycles. The molecule has 180 valence electrons. The molecule has 5 aromatic rings. The monoisotopic (exact) mass is 484 g/mol. The highest BCUT2D eigenvalue weighted by Crippen LogP contribution is 2.27. The van der Waals surface area contributed by atoms with E-state index in [0.29, 0.717) is 34.0 Å². The third kappa shape index (κ3) is 4.58. The fourth-order valence-electron chi connectivity index (χ4n) is 3.78. The number of benzene rings is 2. The number of ether oxygens (including phenoxy) is 2. The number of hydrogen-bond donors (Lipinski definition) is 0. The molecule has 0 aliphatic carbocycles. The number of carbonyl (C=O) groups is 1. The van der Waals surface area contributed by atoms with Crippen molar-refractivity contribution >= 4 is 11.6 Å². The van der Waals surface area contributed by atoms with E-state index in [-0.39, 0.29) is 23.5 Å². The first-order chi connectivity index (χ1) is 17.4. The van der Waals surface area contributed by atoms with Gasteiger partial charge in [-0.25, -0.2) is 18.9 Å². The van der Waals surface area contributed by atoms with Crippen molar-refractivity contribution in [3.8, 4) is 22.7 Å². The molecule has 2 aromatic carbocycles. The van der Waals surface area contributed by atoms with Crippen molar-refractivity contribution in [2.45, 2.75) is 13.5 Å². The highest BCUT2D eigenvalue weighted by atomic mass is 19.1. The Bertz CT molecular complexity index is 1640. The predicted molar refractivity (Wildman–Crippen MR) is 131 cm³/mol. The summed E-state index contributed by atoms with van der Waals surface area (Å²) in [5, 5.41) is 4.56. The predicted octanol–water partition coefficient (Wildman–Crippen LogP) is 4.36. The number of hydrogen-bond acceptors (Lipinski definition) is 6. The second-order valence-corrected chi connectivity index (χ2v) is 8.14. The Morgan fingerprint density at radius 1 is 1.03 bits per heavy atom. The topological polar surface area (TPSA) is 87.7 Å². The van der Waals surface area contributed by atoms with Gasteiger partial charge in [-0.2, -0.15) is 5.10 Å². The van der Waals surface area contributed by atoms with Crippen LogP contribution in [0.15, 0.2) is 83.9 Å². The molecule has 36 heavy (non-hydrogen) atoms. The van der Waals surface area contributed by atoms with E-state index in [1.54, 1.807) is 55.8 Å². The van der Waals surface area contributed by atoms with Gasteiger partial charge in [0.25, 0.3) is 5.56 Å². The zero-order chi connectivity index (χ0) is 25.2. The minimum Gasteiger partial charge on any atom is -0.497 e. The summed E-state index contributed by atoms with van der Waals surface area (Å²) in [5.41, 5.74) is 3.21. The number of nitrogens with zero attached hydrogens (tertiary/aromatic N) is 4. The number of methoxy groups -OCH3 is 1. The fraction of sp³-hybridized carbons (Fsp3) is 0.111. The number of pyridine rings is 1. The van der Waals surface area contributed by atoms with Gasteiger partial charge in [0.1, 0.15) is 35.1 Å². The third-order valence-electron chi connectivity index (χ3n) is 5.58. The molecule has 8 nitrogen and oxygen atoms in total. The van der Waals surface area contributed by atoms with Crippen molar-refractivity contribution < 1.29 is 18.7 Å². The van der Waals surface area contributed by atoms with Gasteiger partial charge >= 0.3 is 5.97 Å². The van der Waals surface area contributed by atoms with Gasteiger partial charge in [-0.1, -0.05) is 18.2 Å². The first-order valence-corrected chi connectivity index (χ1v) is 11.1. The fourth-order valence-corrected chi connectivity index (χ4v) is 3.78.